The summed E-state index contributed by atoms with van der Waals surface area (Å²) < 4.78 is 43.6. The van der Waals surface area contributed by atoms with Crippen molar-refractivity contribution in [2.24, 2.45) is 0 Å². The molecule has 0 radical (unpaired) electrons. The van der Waals surface area contributed by atoms with Crippen LogP contribution in [-0.4, -0.2) is 42.2 Å². The Labute approximate surface area is 198 Å². The van der Waals surface area contributed by atoms with Gasteiger partial charge in [-0.1, -0.05) is 6.07 Å². The average Bonchev–Trinajstić information content (AvgIpc) is 3.49. The predicted molar refractivity (Wildman–Crippen MR) is 120 cm³/mol. The minimum absolute atomic E-state index is 0.141. The highest BCUT2D eigenvalue weighted by atomic mass is 79.9. The van der Waals surface area contributed by atoms with E-state index in [0.29, 0.717) is 26.9 Å². The summed E-state index contributed by atoms with van der Waals surface area (Å²) in [7, 11) is 0. The second-order valence-corrected chi connectivity index (χ2v) is 8.01. The topological polar surface area (TPSA) is 103 Å². The van der Waals surface area contributed by atoms with E-state index in [2.05, 4.69) is 46.8 Å². The van der Waals surface area contributed by atoms with Crippen molar-refractivity contribution < 1.29 is 18.0 Å². The molecule has 0 saturated heterocycles. The Morgan fingerprint density at radius 3 is 2.62 bits per heavy atom. The molecule has 5 rings (SSSR count). The molecule has 0 spiro atoms. The molecule has 9 nitrogen and oxygen atoms in total. The second-order valence-electron chi connectivity index (χ2n) is 7.16. The first-order valence-corrected chi connectivity index (χ1v) is 10.6. The van der Waals surface area contributed by atoms with Crippen LogP contribution in [0, 0.1) is 0 Å². The number of nitrogens with one attached hydrogen (secondary N) is 2. The quantitative estimate of drug-likeness (QED) is 0.419. The number of hydrogen-bond acceptors (Lipinski definition) is 6. The van der Waals surface area contributed by atoms with Gasteiger partial charge in [0.05, 0.1) is 46.4 Å². The number of pyridine rings is 1. The molecule has 1 aliphatic rings. The van der Waals surface area contributed by atoms with E-state index in [1.54, 1.807) is 36.5 Å². The number of carbonyl (C=O) groups is 1. The zero-order valence-corrected chi connectivity index (χ0v) is 18.7. The van der Waals surface area contributed by atoms with Gasteiger partial charge >= 0.3 is 6.18 Å². The Hall–Kier alpha value is -4.00. The molecular formula is C21H14BrF3N8O. The first-order chi connectivity index (χ1) is 16.3. The zero-order chi connectivity index (χ0) is 23.9. The van der Waals surface area contributed by atoms with Gasteiger partial charge < -0.3 is 10.6 Å². The summed E-state index contributed by atoms with van der Waals surface area (Å²) in [4.78, 5) is 18.4. The third-order valence-corrected chi connectivity index (χ3v) is 5.60. The molecule has 0 atom stereocenters. The number of amides is 1. The Morgan fingerprint density at radius 2 is 1.88 bits per heavy atom. The van der Waals surface area contributed by atoms with E-state index < -0.39 is 23.3 Å². The highest BCUT2D eigenvalue weighted by Gasteiger charge is 2.41. The molecular weight excluding hydrogens is 517 g/mol. The predicted octanol–water partition coefficient (Wildman–Crippen LogP) is 3.47. The van der Waals surface area contributed by atoms with Crippen molar-refractivity contribution in [1.82, 2.24) is 40.4 Å². The molecule has 4 aromatic rings. The molecule has 1 aliphatic heterocycles. The van der Waals surface area contributed by atoms with Crippen LogP contribution in [0.5, 0.6) is 0 Å². The van der Waals surface area contributed by atoms with Crippen molar-refractivity contribution in [2.75, 3.05) is 6.54 Å². The number of aromatic nitrogens is 6. The van der Waals surface area contributed by atoms with Crippen molar-refractivity contribution in [3.63, 3.8) is 0 Å². The summed E-state index contributed by atoms with van der Waals surface area (Å²) in [6, 6.07) is 8.03. The van der Waals surface area contributed by atoms with E-state index in [9.17, 15) is 18.0 Å². The molecule has 2 N–H and O–H groups in total. The van der Waals surface area contributed by atoms with Crippen LogP contribution < -0.4 is 10.6 Å². The Bertz CT molecular complexity index is 1450. The average molecular weight is 531 g/mol. The Morgan fingerprint density at radius 1 is 1.09 bits per heavy atom. The van der Waals surface area contributed by atoms with E-state index in [1.807, 2.05) is 0 Å². The normalized spacial score (nSPS) is 14.2. The maximum atomic E-state index is 14.1. The number of carbonyl (C=O) groups excluding carboxylic acids is 1. The van der Waals surface area contributed by atoms with Crippen LogP contribution in [-0.2, 0) is 6.18 Å². The van der Waals surface area contributed by atoms with Gasteiger partial charge in [0.1, 0.15) is 0 Å². The fourth-order valence-corrected chi connectivity index (χ4v) is 4.14. The molecule has 3 aromatic heterocycles. The number of hydrogen-bond donors (Lipinski definition) is 2. The number of allylic oxidation sites excluding steroid dienone is 2. The molecule has 13 heteroatoms. The van der Waals surface area contributed by atoms with Crippen molar-refractivity contribution in [2.45, 2.75) is 6.18 Å². The van der Waals surface area contributed by atoms with Gasteiger partial charge in [0, 0.05) is 17.3 Å². The van der Waals surface area contributed by atoms with Gasteiger partial charge in [0.2, 0.25) is 0 Å². The van der Waals surface area contributed by atoms with Crippen LogP contribution in [0.15, 0.2) is 71.4 Å². The number of benzene rings is 1. The van der Waals surface area contributed by atoms with E-state index in [0.717, 1.165) is 10.9 Å². The number of rotatable bonds is 4. The van der Waals surface area contributed by atoms with Gasteiger partial charge in [-0.05, 0) is 46.3 Å². The SMILES string of the molecule is O=C(NC1=CC(Br)=C(n2nccn2)NC1)c1cnn(-c2cccc3ncccc23)c1C(F)(F)F. The minimum atomic E-state index is -4.84. The minimum Gasteiger partial charge on any atom is -0.362 e. The molecule has 4 heterocycles. The Balaban J connectivity index is 1.51. The van der Waals surface area contributed by atoms with E-state index in [1.165, 1.54) is 23.3 Å². The largest absolute Gasteiger partial charge is 0.434 e. The summed E-state index contributed by atoms with van der Waals surface area (Å²) in [6.07, 6.45) is 2.18. The van der Waals surface area contributed by atoms with Crippen LogP contribution in [0.4, 0.5) is 13.2 Å². The summed E-state index contributed by atoms with van der Waals surface area (Å²) in [5.41, 5.74) is -0.761. The number of nitrogens with zero attached hydrogens (tertiary/aromatic N) is 6. The highest BCUT2D eigenvalue weighted by molar-refractivity contribution is 9.12. The number of fused-ring (bicyclic) bond motifs is 1. The standard InChI is InChI=1S/C21H14BrF3N8O/c22-15-9-12(10-27-19(15)33-28-7-8-29-33)31-20(34)14-11-30-32(18(14)21(23,24)25)17-5-1-4-16-13(17)3-2-6-26-16/h1-9,11,27H,10H2,(H,31,34). The van der Waals surface area contributed by atoms with Crippen LogP contribution in [0.1, 0.15) is 16.1 Å². The van der Waals surface area contributed by atoms with Crippen LogP contribution in [0.25, 0.3) is 22.4 Å². The third-order valence-electron chi connectivity index (χ3n) is 5.00. The number of dihydropyridines is 1. The summed E-state index contributed by atoms with van der Waals surface area (Å²) >= 11 is 3.35. The van der Waals surface area contributed by atoms with Crippen molar-refractivity contribution in [1.29, 1.82) is 0 Å². The van der Waals surface area contributed by atoms with Crippen LogP contribution in [0.3, 0.4) is 0 Å². The monoisotopic (exact) mass is 530 g/mol. The molecule has 172 valence electrons. The lowest BCUT2D eigenvalue weighted by molar-refractivity contribution is -0.143. The van der Waals surface area contributed by atoms with Gasteiger partial charge in [-0.15, -0.1) is 4.80 Å². The summed E-state index contributed by atoms with van der Waals surface area (Å²) in [5, 5.41) is 17.9. The maximum absolute atomic E-state index is 14.1. The molecule has 0 bridgehead atoms. The molecule has 0 saturated carbocycles. The fraction of sp³-hybridized carbons (Fsp3) is 0.0952. The Kier molecular flexibility index (Phi) is 5.40. The van der Waals surface area contributed by atoms with Crippen LogP contribution in [0.2, 0.25) is 0 Å². The van der Waals surface area contributed by atoms with Crippen LogP contribution >= 0.6 is 15.9 Å². The third kappa shape index (κ3) is 3.94. The molecule has 0 aliphatic carbocycles. The van der Waals surface area contributed by atoms with E-state index >= 15 is 0 Å². The van der Waals surface area contributed by atoms with Gasteiger partial charge in [-0.25, -0.2) is 4.68 Å². The molecule has 0 fully saturated rings. The first-order valence-electron chi connectivity index (χ1n) is 9.84. The van der Waals surface area contributed by atoms with Crippen molar-refractivity contribution in [3.05, 3.63) is 82.6 Å². The lowest BCUT2D eigenvalue weighted by Crippen LogP contribution is -2.34. The zero-order valence-electron chi connectivity index (χ0n) is 17.1. The van der Waals surface area contributed by atoms with Crippen molar-refractivity contribution >= 4 is 38.6 Å². The van der Waals surface area contributed by atoms with Gasteiger partial charge in [0.15, 0.2) is 11.5 Å². The molecule has 1 amide bonds. The lowest BCUT2D eigenvalue weighted by Gasteiger charge is -2.19. The smallest absolute Gasteiger partial charge is 0.362 e. The van der Waals surface area contributed by atoms with Gasteiger partial charge in [-0.3, -0.25) is 9.78 Å². The lowest BCUT2D eigenvalue weighted by atomic mass is 10.1. The highest BCUT2D eigenvalue weighted by Crippen LogP contribution is 2.35. The number of halogens is 4. The summed E-state index contributed by atoms with van der Waals surface area (Å²) in [6.45, 7) is 0.141. The second kappa shape index (κ2) is 8.41. The van der Waals surface area contributed by atoms with E-state index in [4.69, 9.17) is 0 Å². The van der Waals surface area contributed by atoms with Gasteiger partial charge in [0.25, 0.3) is 5.91 Å². The van der Waals surface area contributed by atoms with Gasteiger partial charge in [-0.2, -0.15) is 28.5 Å². The van der Waals surface area contributed by atoms with E-state index in [-0.39, 0.29) is 12.2 Å². The fourth-order valence-electron chi connectivity index (χ4n) is 3.57. The van der Waals surface area contributed by atoms with Crippen molar-refractivity contribution in [3.8, 4) is 5.69 Å². The molecule has 0 unspecified atom stereocenters. The first kappa shape index (κ1) is 21.8. The number of alkyl halides is 3. The molecule has 34 heavy (non-hydrogen) atoms. The maximum Gasteiger partial charge on any atom is 0.434 e. The summed E-state index contributed by atoms with van der Waals surface area (Å²) in [5.74, 6) is -0.415. The molecule has 1 aromatic carbocycles.